The lowest BCUT2D eigenvalue weighted by molar-refractivity contribution is -0.116. The van der Waals surface area contributed by atoms with Crippen LogP contribution in [0.15, 0.2) is 42.5 Å². The third-order valence-corrected chi connectivity index (χ3v) is 6.43. The molecular formula is C24H30N2O2S. The number of carbonyl (C=O) groups excluding carboxylic acids is 2. The predicted molar refractivity (Wildman–Crippen MR) is 122 cm³/mol. The molecule has 1 N–H and O–H groups in total. The molecule has 5 heteroatoms. The van der Waals surface area contributed by atoms with E-state index in [9.17, 15) is 9.59 Å². The molecule has 2 aromatic carbocycles. The zero-order chi connectivity index (χ0) is 20.8. The van der Waals surface area contributed by atoms with Crippen molar-refractivity contribution < 1.29 is 9.59 Å². The third kappa shape index (κ3) is 5.21. The van der Waals surface area contributed by atoms with Crippen molar-refractivity contribution in [2.45, 2.75) is 58.2 Å². The molecule has 3 rings (SSSR count). The molecule has 0 saturated carbocycles. The molecule has 1 aliphatic rings. The second kappa shape index (κ2) is 9.97. The highest BCUT2D eigenvalue weighted by Gasteiger charge is 2.36. The third-order valence-electron chi connectivity index (χ3n) is 5.24. The van der Waals surface area contributed by atoms with Gasteiger partial charge < -0.3 is 5.32 Å². The number of rotatable bonds is 8. The van der Waals surface area contributed by atoms with Crippen molar-refractivity contribution in [1.29, 1.82) is 0 Å². The van der Waals surface area contributed by atoms with Crippen LogP contribution in [0.25, 0.3) is 0 Å². The monoisotopic (exact) mass is 410 g/mol. The largest absolute Gasteiger partial charge is 0.326 e. The number of unbranched alkanes of at least 4 members (excludes halogenated alkanes) is 3. The summed E-state index contributed by atoms with van der Waals surface area (Å²) in [5, 5.41) is 2.95. The topological polar surface area (TPSA) is 49.4 Å². The van der Waals surface area contributed by atoms with E-state index < -0.39 is 0 Å². The Labute approximate surface area is 178 Å². The van der Waals surface area contributed by atoms with Gasteiger partial charge in [-0.15, -0.1) is 11.8 Å². The standard InChI is InChI=1S/C24H30N2O2S/c1-4-5-6-7-12-22(27)25-20-11-9-8-10-19(20)24-26(23(28)16-29-24)21-14-13-17(2)15-18(21)3/h8-11,13-15,24H,4-7,12,16H2,1-3H3,(H,25,27)/t24-/m1/s1. The van der Waals surface area contributed by atoms with Gasteiger partial charge in [0.05, 0.1) is 5.75 Å². The molecule has 2 amide bonds. The van der Waals surface area contributed by atoms with Crippen molar-refractivity contribution in [3.05, 3.63) is 59.2 Å². The zero-order valence-electron chi connectivity index (χ0n) is 17.5. The number of nitrogens with one attached hydrogen (secondary N) is 1. The van der Waals surface area contributed by atoms with E-state index in [2.05, 4.69) is 25.2 Å². The number of benzene rings is 2. The molecule has 4 nitrogen and oxygen atoms in total. The fourth-order valence-electron chi connectivity index (χ4n) is 3.74. The number of amides is 2. The number of anilines is 2. The first kappa shape index (κ1) is 21.4. The number of hydrogen-bond donors (Lipinski definition) is 1. The van der Waals surface area contributed by atoms with Crippen LogP contribution in [0.4, 0.5) is 11.4 Å². The molecule has 1 saturated heterocycles. The van der Waals surface area contributed by atoms with Crippen molar-refractivity contribution >= 4 is 35.0 Å². The fraction of sp³-hybridized carbons (Fsp3) is 0.417. The molecule has 0 aromatic heterocycles. The van der Waals surface area contributed by atoms with Crippen LogP contribution in [-0.4, -0.2) is 17.6 Å². The molecule has 1 atom stereocenters. The van der Waals surface area contributed by atoms with Gasteiger partial charge in [0.1, 0.15) is 5.37 Å². The summed E-state index contributed by atoms with van der Waals surface area (Å²) in [6, 6.07) is 14.0. The molecule has 0 bridgehead atoms. The average molecular weight is 411 g/mol. The lowest BCUT2D eigenvalue weighted by Crippen LogP contribution is -2.29. The molecule has 1 heterocycles. The number of aryl methyl sites for hydroxylation is 2. The summed E-state index contributed by atoms with van der Waals surface area (Å²) in [5.74, 6) is 0.589. The van der Waals surface area contributed by atoms with E-state index in [1.165, 1.54) is 5.56 Å². The van der Waals surface area contributed by atoms with E-state index >= 15 is 0 Å². The number of hydrogen-bond acceptors (Lipinski definition) is 3. The van der Waals surface area contributed by atoms with Gasteiger partial charge in [0.15, 0.2) is 0 Å². The summed E-state index contributed by atoms with van der Waals surface area (Å²) < 4.78 is 0. The number of thioether (sulfide) groups is 1. The Kier molecular flexibility index (Phi) is 7.37. The lowest BCUT2D eigenvalue weighted by Gasteiger charge is -2.27. The van der Waals surface area contributed by atoms with Crippen LogP contribution >= 0.6 is 11.8 Å². The first-order chi connectivity index (χ1) is 14.0. The van der Waals surface area contributed by atoms with Gasteiger partial charge >= 0.3 is 0 Å². The highest BCUT2D eigenvalue weighted by atomic mass is 32.2. The maximum Gasteiger partial charge on any atom is 0.238 e. The van der Waals surface area contributed by atoms with Gasteiger partial charge in [0.25, 0.3) is 0 Å². The van der Waals surface area contributed by atoms with E-state index in [4.69, 9.17) is 0 Å². The average Bonchev–Trinajstić information content (AvgIpc) is 3.07. The van der Waals surface area contributed by atoms with Gasteiger partial charge in [-0.05, 0) is 38.0 Å². The molecule has 1 aliphatic heterocycles. The Morgan fingerprint density at radius 1 is 1.14 bits per heavy atom. The molecule has 2 aromatic rings. The Morgan fingerprint density at radius 3 is 2.69 bits per heavy atom. The number of nitrogens with zero attached hydrogens (tertiary/aromatic N) is 1. The minimum Gasteiger partial charge on any atom is -0.326 e. The van der Waals surface area contributed by atoms with Crippen molar-refractivity contribution in [1.82, 2.24) is 0 Å². The number of carbonyl (C=O) groups is 2. The normalized spacial score (nSPS) is 16.3. The van der Waals surface area contributed by atoms with Crippen LogP contribution in [0.1, 0.15) is 61.1 Å². The van der Waals surface area contributed by atoms with Crippen molar-refractivity contribution in [3.63, 3.8) is 0 Å². The minimum atomic E-state index is -0.138. The quantitative estimate of drug-likeness (QED) is 0.544. The molecule has 154 valence electrons. The van der Waals surface area contributed by atoms with Gasteiger partial charge in [-0.3, -0.25) is 14.5 Å². The SMILES string of the molecule is CCCCCCC(=O)Nc1ccccc1[C@H]1SCC(=O)N1c1ccc(C)cc1C. The summed E-state index contributed by atoms with van der Waals surface area (Å²) in [6.07, 6.45) is 4.85. The zero-order valence-corrected chi connectivity index (χ0v) is 18.3. The van der Waals surface area contributed by atoms with E-state index in [0.29, 0.717) is 12.2 Å². The predicted octanol–water partition coefficient (Wildman–Crippen LogP) is 5.99. The van der Waals surface area contributed by atoms with Gasteiger partial charge in [-0.2, -0.15) is 0 Å². The molecular weight excluding hydrogens is 380 g/mol. The second-order valence-corrected chi connectivity index (χ2v) is 8.73. The summed E-state index contributed by atoms with van der Waals surface area (Å²) in [5.41, 5.74) is 4.98. The Morgan fingerprint density at radius 2 is 1.93 bits per heavy atom. The molecule has 0 aliphatic carbocycles. The summed E-state index contributed by atoms with van der Waals surface area (Å²) in [6.45, 7) is 6.26. The molecule has 0 unspecified atom stereocenters. The van der Waals surface area contributed by atoms with Gasteiger partial charge in [-0.1, -0.05) is 62.1 Å². The van der Waals surface area contributed by atoms with Crippen LogP contribution in [-0.2, 0) is 9.59 Å². The van der Waals surface area contributed by atoms with Crippen molar-refractivity contribution in [2.75, 3.05) is 16.0 Å². The highest BCUT2D eigenvalue weighted by Crippen LogP contribution is 2.45. The Bertz CT molecular complexity index is 881. The van der Waals surface area contributed by atoms with Crippen LogP contribution < -0.4 is 10.2 Å². The Hall–Kier alpha value is -2.27. The summed E-state index contributed by atoms with van der Waals surface area (Å²) >= 11 is 1.61. The van der Waals surface area contributed by atoms with Crippen LogP contribution in [0.2, 0.25) is 0 Å². The number of para-hydroxylation sites is 1. The van der Waals surface area contributed by atoms with E-state index in [-0.39, 0.29) is 17.2 Å². The van der Waals surface area contributed by atoms with E-state index in [1.807, 2.05) is 48.2 Å². The molecule has 0 spiro atoms. The highest BCUT2D eigenvalue weighted by molar-refractivity contribution is 8.00. The first-order valence-corrected chi connectivity index (χ1v) is 11.5. The second-order valence-electron chi connectivity index (χ2n) is 7.66. The molecule has 29 heavy (non-hydrogen) atoms. The van der Waals surface area contributed by atoms with Crippen LogP contribution in [0.5, 0.6) is 0 Å². The van der Waals surface area contributed by atoms with Crippen LogP contribution in [0.3, 0.4) is 0 Å². The Balaban J connectivity index is 1.82. The molecule has 0 radical (unpaired) electrons. The van der Waals surface area contributed by atoms with E-state index in [1.54, 1.807) is 11.8 Å². The van der Waals surface area contributed by atoms with E-state index in [0.717, 1.165) is 48.2 Å². The summed E-state index contributed by atoms with van der Waals surface area (Å²) in [4.78, 5) is 27.1. The lowest BCUT2D eigenvalue weighted by atomic mass is 10.1. The van der Waals surface area contributed by atoms with Crippen molar-refractivity contribution in [2.24, 2.45) is 0 Å². The maximum absolute atomic E-state index is 12.7. The van der Waals surface area contributed by atoms with Gasteiger partial charge in [-0.25, -0.2) is 0 Å². The maximum atomic E-state index is 12.7. The fourth-order valence-corrected chi connectivity index (χ4v) is 4.95. The van der Waals surface area contributed by atoms with Crippen molar-refractivity contribution in [3.8, 4) is 0 Å². The van der Waals surface area contributed by atoms with Crippen LogP contribution in [0, 0.1) is 13.8 Å². The van der Waals surface area contributed by atoms with Gasteiger partial charge in [0, 0.05) is 23.4 Å². The first-order valence-electron chi connectivity index (χ1n) is 10.4. The minimum absolute atomic E-state index is 0.0425. The molecule has 1 fully saturated rings. The smallest absolute Gasteiger partial charge is 0.238 e. The summed E-state index contributed by atoms with van der Waals surface area (Å²) in [7, 11) is 0. The van der Waals surface area contributed by atoms with Gasteiger partial charge in [0.2, 0.25) is 11.8 Å².